The molecule has 6 heteroatoms. The van der Waals surface area contributed by atoms with Crippen molar-refractivity contribution in [1.29, 1.82) is 0 Å². The Hall–Kier alpha value is -1.40. The highest BCUT2D eigenvalue weighted by molar-refractivity contribution is 7.12. The van der Waals surface area contributed by atoms with E-state index in [-0.39, 0.29) is 25.0 Å². The van der Waals surface area contributed by atoms with E-state index in [0.29, 0.717) is 4.88 Å². The molecule has 1 unspecified atom stereocenters. The minimum atomic E-state index is -0.610. The maximum absolute atomic E-state index is 11.6. The van der Waals surface area contributed by atoms with Crippen LogP contribution in [0.25, 0.3) is 0 Å². The van der Waals surface area contributed by atoms with Crippen LogP contribution in [0.2, 0.25) is 0 Å². The third-order valence-electron chi connectivity index (χ3n) is 1.90. The van der Waals surface area contributed by atoms with Gasteiger partial charge in [0.15, 0.2) is 0 Å². The summed E-state index contributed by atoms with van der Waals surface area (Å²) in [6.07, 6.45) is 0. The van der Waals surface area contributed by atoms with Gasteiger partial charge < -0.3 is 15.7 Å². The summed E-state index contributed by atoms with van der Waals surface area (Å²) in [5, 5.41) is 15.4. The second kappa shape index (κ2) is 6.24. The van der Waals surface area contributed by atoms with Crippen molar-refractivity contribution in [2.75, 3.05) is 13.2 Å². The molecule has 1 rings (SSSR count). The van der Waals surface area contributed by atoms with Crippen molar-refractivity contribution in [3.05, 3.63) is 22.4 Å². The topological polar surface area (TPSA) is 78.4 Å². The van der Waals surface area contributed by atoms with Gasteiger partial charge in [-0.2, -0.15) is 0 Å². The second-order valence-electron chi connectivity index (χ2n) is 3.19. The van der Waals surface area contributed by atoms with Gasteiger partial charge in [0.2, 0.25) is 5.91 Å². The molecule has 0 saturated heterocycles. The van der Waals surface area contributed by atoms with Gasteiger partial charge in [-0.1, -0.05) is 6.07 Å². The maximum Gasteiger partial charge on any atom is 0.261 e. The van der Waals surface area contributed by atoms with Gasteiger partial charge in [0.25, 0.3) is 5.91 Å². The largest absolute Gasteiger partial charge is 0.395 e. The fourth-order valence-electron chi connectivity index (χ4n) is 1.07. The van der Waals surface area contributed by atoms with Crippen LogP contribution in [0.4, 0.5) is 0 Å². The Morgan fingerprint density at radius 2 is 2.31 bits per heavy atom. The molecule has 3 N–H and O–H groups in total. The van der Waals surface area contributed by atoms with E-state index in [1.165, 1.54) is 11.3 Å². The number of thiophene rings is 1. The van der Waals surface area contributed by atoms with E-state index in [1.807, 2.05) is 0 Å². The van der Waals surface area contributed by atoms with Gasteiger partial charge in [0.05, 0.1) is 11.5 Å². The van der Waals surface area contributed by atoms with E-state index < -0.39 is 6.04 Å². The first-order chi connectivity index (χ1) is 7.65. The third kappa shape index (κ3) is 3.63. The van der Waals surface area contributed by atoms with E-state index in [9.17, 15) is 9.59 Å². The van der Waals surface area contributed by atoms with Crippen LogP contribution in [0.1, 0.15) is 16.6 Å². The highest BCUT2D eigenvalue weighted by atomic mass is 32.1. The molecular formula is C10H14N2O3S. The predicted molar refractivity (Wildman–Crippen MR) is 61.3 cm³/mol. The van der Waals surface area contributed by atoms with E-state index >= 15 is 0 Å². The Balaban J connectivity index is 2.42. The third-order valence-corrected chi connectivity index (χ3v) is 2.77. The lowest BCUT2D eigenvalue weighted by Crippen LogP contribution is -2.45. The summed E-state index contributed by atoms with van der Waals surface area (Å²) in [7, 11) is 0. The smallest absolute Gasteiger partial charge is 0.261 e. The Labute approximate surface area is 97.5 Å². The zero-order chi connectivity index (χ0) is 12.0. The standard InChI is InChI=1S/C10H14N2O3S/c1-7(9(14)11-4-5-13)12-10(15)8-3-2-6-16-8/h2-3,6-7,13H,4-5H2,1H3,(H,11,14)(H,12,15). The molecule has 0 fully saturated rings. The van der Waals surface area contributed by atoms with Crippen LogP contribution in [-0.2, 0) is 4.79 Å². The molecule has 0 radical (unpaired) electrons. The van der Waals surface area contributed by atoms with Crippen molar-refractivity contribution in [1.82, 2.24) is 10.6 Å². The number of carbonyl (C=O) groups is 2. The molecule has 0 aliphatic carbocycles. The molecule has 2 amide bonds. The number of rotatable bonds is 5. The molecule has 88 valence electrons. The highest BCUT2D eigenvalue weighted by Crippen LogP contribution is 2.07. The Bertz CT molecular complexity index is 351. The summed E-state index contributed by atoms with van der Waals surface area (Å²) in [4.78, 5) is 23.5. The van der Waals surface area contributed by atoms with Crippen molar-refractivity contribution in [3.63, 3.8) is 0 Å². The molecule has 0 aliphatic heterocycles. The maximum atomic E-state index is 11.6. The van der Waals surface area contributed by atoms with Crippen LogP contribution in [0, 0.1) is 0 Å². The number of hydrogen-bond acceptors (Lipinski definition) is 4. The number of amides is 2. The summed E-state index contributed by atoms with van der Waals surface area (Å²) in [5.41, 5.74) is 0. The fourth-order valence-corrected chi connectivity index (χ4v) is 1.70. The van der Waals surface area contributed by atoms with Crippen LogP contribution in [0.15, 0.2) is 17.5 Å². The molecule has 1 aromatic heterocycles. The van der Waals surface area contributed by atoms with Gasteiger partial charge in [-0.3, -0.25) is 9.59 Å². The summed E-state index contributed by atoms with van der Waals surface area (Å²) in [5.74, 6) is -0.569. The lowest BCUT2D eigenvalue weighted by molar-refractivity contribution is -0.122. The molecule has 0 spiro atoms. The average Bonchev–Trinajstić information content (AvgIpc) is 2.79. The van der Waals surface area contributed by atoms with E-state index in [2.05, 4.69) is 10.6 Å². The van der Waals surface area contributed by atoms with Crippen LogP contribution in [0.3, 0.4) is 0 Å². The van der Waals surface area contributed by atoms with Gasteiger partial charge in [-0.05, 0) is 18.4 Å². The fraction of sp³-hybridized carbons (Fsp3) is 0.400. The van der Waals surface area contributed by atoms with Crippen LogP contribution in [-0.4, -0.2) is 36.1 Å². The normalized spacial score (nSPS) is 11.9. The molecule has 0 bridgehead atoms. The van der Waals surface area contributed by atoms with Gasteiger partial charge in [-0.15, -0.1) is 11.3 Å². The molecule has 16 heavy (non-hydrogen) atoms. The SMILES string of the molecule is CC(NC(=O)c1cccs1)C(=O)NCCO. The number of carbonyl (C=O) groups excluding carboxylic acids is 2. The zero-order valence-electron chi connectivity index (χ0n) is 8.90. The lowest BCUT2D eigenvalue weighted by Gasteiger charge is -2.12. The van der Waals surface area contributed by atoms with Crippen molar-refractivity contribution in [2.24, 2.45) is 0 Å². The Morgan fingerprint density at radius 3 is 2.88 bits per heavy atom. The molecule has 0 saturated carbocycles. The van der Waals surface area contributed by atoms with Gasteiger partial charge in [0.1, 0.15) is 6.04 Å². The predicted octanol–water partition coefficient (Wildman–Crippen LogP) is -0.0251. The summed E-state index contributed by atoms with van der Waals surface area (Å²) >= 11 is 1.32. The van der Waals surface area contributed by atoms with Crippen LogP contribution in [0.5, 0.6) is 0 Å². The Morgan fingerprint density at radius 1 is 1.56 bits per heavy atom. The molecule has 5 nitrogen and oxygen atoms in total. The van der Waals surface area contributed by atoms with Gasteiger partial charge >= 0.3 is 0 Å². The summed E-state index contributed by atoms with van der Waals surface area (Å²) in [6.45, 7) is 1.67. The molecule has 1 heterocycles. The minimum Gasteiger partial charge on any atom is -0.395 e. The van der Waals surface area contributed by atoms with Crippen molar-refractivity contribution in [3.8, 4) is 0 Å². The van der Waals surface area contributed by atoms with E-state index in [1.54, 1.807) is 24.4 Å². The van der Waals surface area contributed by atoms with Gasteiger partial charge in [0, 0.05) is 6.54 Å². The lowest BCUT2D eigenvalue weighted by atomic mass is 10.3. The van der Waals surface area contributed by atoms with Crippen LogP contribution >= 0.6 is 11.3 Å². The highest BCUT2D eigenvalue weighted by Gasteiger charge is 2.16. The molecular weight excluding hydrogens is 228 g/mol. The quantitative estimate of drug-likeness (QED) is 0.678. The van der Waals surface area contributed by atoms with Crippen LogP contribution < -0.4 is 10.6 Å². The second-order valence-corrected chi connectivity index (χ2v) is 4.13. The number of nitrogens with one attached hydrogen (secondary N) is 2. The van der Waals surface area contributed by atoms with Gasteiger partial charge in [-0.25, -0.2) is 0 Å². The number of hydrogen-bond donors (Lipinski definition) is 3. The molecule has 1 atom stereocenters. The average molecular weight is 242 g/mol. The van der Waals surface area contributed by atoms with E-state index in [0.717, 1.165) is 0 Å². The monoisotopic (exact) mass is 242 g/mol. The summed E-state index contributed by atoms with van der Waals surface area (Å²) in [6, 6.07) is 2.86. The molecule has 0 aliphatic rings. The van der Waals surface area contributed by atoms with Crippen molar-refractivity contribution < 1.29 is 14.7 Å². The first kappa shape index (κ1) is 12.7. The first-order valence-electron chi connectivity index (χ1n) is 4.88. The minimum absolute atomic E-state index is 0.114. The number of aliphatic hydroxyl groups is 1. The Kier molecular flexibility index (Phi) is 4.94. The van der Waals surface area contributed by atoms with Crippen molar-refractivity contribution >= 4 is 23.2 Å². The first-order valence-corrected chi connectivity index (χ1v) is 5.76. The van der Waals surface area contributed by atoms with E-state index in [4.69, 9.17) is 5.11 Å². The summed E-state index contributed by atoms with van der Waals surface area (Å²) < 4.78 is 0. The number of aliphatic hydroxyl groups excluding tert-OH is 1. The zero-order valence-corrected chi connectivity index (χ0v) is 9.71. The van der Waals surface area contributed by atoms with Crippen molar-refractivity contribution in [2.45, 2.75) is 13.0 Å². The molecule has 1 aromatic rings. The molecule has 0 aromatic carbocycles.